The van der Waals surface area contributed by atoms with E-state index in [1.807, 2.05) is 7.05 Å². The summed E-state index contributed by atoms with van der Waals surface area (Å²) in [6, 6.07) is 0.968. The second-order valence-electron chi connectivity index (χ2n) is 3.20. The van der Waals surface area contributed by atoms with Crippen LogP contribution in [0, 0.1) is 0 Å². The topological polar surface area (TPSA) is 38.0 Å². The highest BCUT2D eigenvalue weighted by Crippen LogP contribution is 2.15. The van der Waals surface area contributed by atoms with Gasteiger partial charge in [-0.2, -0.15) is 0 Å². The average molecular weight is 142 g/mol. The van der Waals surface area contributed by atoms with Crippen LogP contribution in [0.15, 0.2) is 0 Å². The summed E-state index contributed by atoms with van der Waals surface area (Å²) in [5.41, 5.74) is 5.93. The molecule has 0 saturated heterocycles. The normalized spacial score (nSPS) is 35.4. The van der Waals surface area contributed by atoms with Gasteiger partial charge in [-0.05, 0) is 19.9 Å². The zero-order valence-corrected chi connectivity index (χ0v) is 6.77. The molecule has 0 aromatic carbocycles. The van der Waals surface area contributed by atoms with Crippen LogP contribution in [0.2, 0.25) is 0 Å². The Morgan fingerprint density at radius 1 is 1.20 bits per heavy atom. The van der Waals surface area contributed by atoms with Crippen molar-refractivity contribution in [1.29, 1.82) is 0 Å². The molecule has 1 fully saturated rings. The summed E-state index contributed by atoms with van der Waals surface area (Å²) in [4.78, 5) is 0. The van der Waals surface area contributed by atoms with E-state index in [4.69, 9.17) is 5.73 Å². The van der Waals surface area contributed by atoms with Crippen molar-refractivity contribution in [1.82, 2.24) is 5.32 Å². The molecule has 0 spiro atoms. The molecule has 1 aliphatic carbocycles. The Kier molecular flexibility index (Phi) is 3.16. The van der Waals surface area contributed by atoms with Gasteiger partial charge in [0.1, 0.15) is 0 Å². The molecule has 1 rings (SSSR count). The monoisotopic (exact) mass is 142 g/mol. The minimum Gasteiger partial charge on any atom is -0.326 e. The molecule has 1 aliphatic rings. The quantitative estimate of drug-likeness (QED) is 0.533. The van der Waals surface area contributed by atoms with Crippen LogP contribution in [0.3, 0.4) is 0 Å². The molecule has 3 N–H and O–H groups in total. The molecular weight excluding hydrogens is 124 g/mol. The summed E-state index contributed by atoms with van der Waals surface area (Å²) in [6.07, 6.45) is 6.49. The predicted octanol–water partition coefficient (Wildman–Crippen LogP) is 0.866. The minimum atomic E-state index is 0.396. The van der Waals surface area contributed by atoms with Crippen LogP contribution in [0.25, 0.3) is 0 Å². The van der Waals surface area contributed by atoms with Crippen LogP contribution in [0.4, 0.5) is 0 Å². The minimum absolute atomic E-state index is 0.396. The van der Waals surface area contributed by atoms with Gasteiger partial charge in [0.2, 0.25) is 0 Å². The first-order valence-electron chi connectivity index (χ1n) is 4.27. The lowest BCUT2D eigenvalue weighted by Crippen LogP contribution is -2.42. The molecule has 0 aromatic rings. The van der Waals surface area contributed by atoms with Crippen molar-refractivity contribution >= 4 is 0 Å². The van der Waals surface area contributed by atoms with Crippen LogP contribution < -0.4 is 11.1 Å². The van der Waals surface area contributed by atoms with Crippen molar-refractivity contribution < 1.29 is 0 Å². The number of likely N-dealkylation sites (N-methyl/N-ethyl adjacent to an activating group) is 1. The number of hydrogen-bond acceptors (Lipinski definition) is 2. The molecule has 0 aliphatic heterocycles. The second-order valence-corrected chi connectivity index (χ2v) is 3.20. The molecular formula is C8H18N2. The van der Waals surface area contributed by atoms with E-state index in [-0.39, 0.29) is 0 Å². The Balaban J connectivity index is 2.35. The van der Waals surface area contributed by atoms with Crippen molar-refractivity contribution in [3.05, 3.63) is 0 Å². The summed E-state index contributed by atoms with van der Waals surface area (Å²) in [5, 5.41) is 3.27. The fourth-order valence-corrected chi connectivity index (χ4v) is 1.69. The molecule has 0 unspecified atom stereocenters. The van der Waals surface area contributed by atoms with E-state index in [1.54, 1.807) is 0 Å². The molecule has 10 heavy (non-hydrogen) atoms. The van der Waals surface area contributed by atoms with Gasteiger partial charge in [0, 0.05) is 12.1 Å². The van der Waals surface area contributed by atoms with Crippen molar-refractivity contribution in [3.63, 3.8) is 0 Å². The first kappa shape index (κ1) is 8.02. The second kappa shape index (κ2) is 3.94. The van der Waals surface area contributed by atoms with Crippen molar-refractivity contribution in [2.45, 2.75) is 44.2 Å². The van der Waals surface area contributed by atoms with Gasteiger partial charge >= 0.3 is 0 Å². The zero-order valence-electron chi connectivity index (χ0n) is 6.77. The maximum absolute atomic E-state index is 5.93. The van der Waals surface area contributed by atoms with E-state index < -0.39 is 0 Å². The van der Waals surface area contributed by atoms with Gasteiger partial charge in [0.05, 0.1) is 0 Å². The van der Waals surface area contributed by atoms with E-state index in [1.165, 1.54) is 32.1 Å². The molecule has 0 amide bonds. The molecule has 0 aromatic heterocycles. The number of rotatable bonds is 1. The van der Waals surface area contributed by atoms with Gasteiger partial charge in [-0.25, -0.2) is 0 Å². The molecule has 0 heterocycles. The summed E-state index contributed by atoms with van der Waals surface area (Å²) in [7, 11) is 2.01. The smallest absolute Gasteiger partial charge is 0.0216 e. The fourth-order valence-electron chi connectivity index (χ4n) is 1.69. The van der Waals surface area contributed by atoms with Crippen LogP contribution in [-0.2, 0) is 0 Å². The lowest BCUT2D eigenvalue weighted by molar-refractivity contribution is 0.437. The maximum atomic E-state index is 5.93. The van der Waals surface area contributed by atoms with E-state index in [9.17, 15) is 0 Å². The predicted molar refractivity (Wildman–Crippen MR) is 43.9 cm³/mol. The molecule has 2 atom stereocenters. The highest BCUT2D eigenvalue weighted by Gasteiger charge is 2.17. The first-order valence-corrected chi connectivity index (χ1v) is 4.27. The Labute approximate surface area is 63.2 Å². The van der Waals surface area contributed by atoms with Gasteiger partial charge in [-0.3, -0.25) is 0 Å². The van der Waals surface area contributed by atoms with Crippen molar-refractivity contribution in [3.8, 4) is 0 Å². The Hall–Kier alpha value is -0.0800. The molecule has 0 radical (unpaired) electrons. The van der Waals surface area contributed by atoms with E-state index in [2.05, 4.69) is 5.32 Å². The van der Waals surface area contributed by atoms with Gasteiger partial charge < -0.3 is 11.1 Å². The average Bonchev–Trinajstić information content (AvgIpc) is 2.13. The van der Waals surface area contributed by atoms with Gasteiger partial charge in [-0.15, -0.1) is 0 Å². The number of hydrogen-bond donors (Lipinski definition) is 2. The van der Waals surface area contributed by atoms with E-state index >= 15 is 0 Å². The van der Waals surface area contributed by atoms with Crippen molar-refractivity contribution in [2.75, 3.05) is 7.05 Å². The lowest BCUT2D eigenvalue weighted by Gasteiger charge is -2.19. The third kappa shape index (κ3) is 1.96. The first-order chi connectivity index (χ1) is 4.84. The Morgan fingerprint density at radius 2 is 1.90 bits per heavy atom. The molecule has 1 saturated carbocycles. The SMILES string of the molecule is CN[C@H]1CCCCC[C@H]1N. The summed E-state index contributed by atoms with van der Waals surface area (Å²) >= 11 is 0. The molecule has 0 bridgehead atoms. The van der Waals surface area contributed by atoms with Crippen molar-refractivity contribution in [2.24, 2.45) is 5.73 Å². The fraction of sp³-hybridized carbons (Fsp3) is 1.00. The number of nitrogens with one attached hydrogen (secondary N) is 1. The molecule has 60 valence electrons. The van der Waals surface area contributed by atoms with Crippen LogP contribution in [0.1, 0.15) is 32.1 Å². The molecule has 2 nitrogen and oxygen atoms in total. The third-order valence-corrected chi connectivity index (χ3v) is 2.44. The van der Waals surface area contributed by atoms with Gasteiger partial charge in [0.15, 0.2) is 0 Å². The van der Waals surface area contributed by atoms with Crippen LogP contribution in [-0.4, -0.2) is 19.1 Å². The highest BCUT2D eigenvalue weighted by molar-refractivity contribution is 4.80. The highest BCUT2D eigenvalue weighted by atomic mass is 14.9. The third-order valence-electron chi connectivity index (χ3n) is 2.44. The van der Waals surface area contributed by atoms with Gasteiger partial charge in [-0.1, -0.05) is 19.3 Å². The van der Waals surface area contributed by atoms with Crippen LogP contribution >= 0.6 is 0 Å². The lowest BCUT2D eigenvalue weighted by atomic mass is 10.1. The standard InChI is InChI=1S/C8H18N2/c1-10-8-6-4-2-3-5-7(8)9/h7-8,10H,2-6,9H2,1H3/t7-,8+/m1/s1. The Morgan fingerprint density at radius 3 is 2.60 bits per heavy atom. The number of nitrogens with two attached hydrogens (primary N) is 1. The zero-order chi connectivity index (χ0) is 7.40. The Bertz CT molecular complexity index is 93.3. The maximum Gasteiger partial charge on any atom is 0.0216 e. The van der Waals surface area contributed by atoms with E-state index in [0.29, 0.717) is 12.1 Å². The molecule has 2 heteroatoms. The summed E-state index contributed by atoms with van der Waals surface area (Å²) < 4.78 is 0. The van der Waals surface area contributed by atoms with Crippen LogP contribution in [0.5, 0.6) is 0 Å². The summed E-state index contributed by atoms with van der Waals surface area (Å²) in [5.74, 6) is 0. The summed E-state index contributed by atoms with van der Waals surface area (Å²) in [6.45, 7) is 0. The van der Waals surface area contributed by atoms with Gasteiger partial charge in [0.25, 0.3) is 0 Å². The van der Waals surface area contributed by atoms with E-state index in [0.717, 1.165) is 0 Å². The largest absolute Gasteiger partial charge is 0.326 e.